The number of unbranched alkanes of at least 4 members (excludes halogenated alkanes) is 1. The van der Waals surface area contributed by atoms with Crippen molar-refractivity contribution in [1.82, 2.24) is 5.06 Å². The molecule has 0 heterocycles. The first-order valence-corrected chi connectivity index (χ1v) is 8.67. The van der Waals surface area contributed by atoms with E-state index >= 15 is 0 Å². The number of aliphatic carboxylic acids is 1. The lowest BCUT2D eigenvalue weighted by Crippen LogP contribution is -2.50. The monoisotopic (exact) mass is 424 g/mol. The first-order valence-electron chi connectivity index (χ1n) is 8.67. The van der Waals surface area contributed by atoms with E-state index in [1.807, 2.05) is 37.3 Å². The van der Waals surface area contributed by atoms with Gasteiger partial charge in [-0.1, -0.05) is 43.2 Å². The van der Waals surface area contributed by atoms with Gasteiger partial charge in [-0.05, 0) is 31.6 Å². The average Bonchev–Trinajstić information content (AvgIpc) is 2.57. The summed E-state index contributed by atoms with van der Waals surface area (Å²) >= 11 is 0. The normalized spacial score (nSPS) is 12.6. The Hall–Kier alpha value is -0.865. The molecule has 0 spiro atoms. The molecule has 0 amide bonds. The van der Waals surface area contributed by atoms with E-state index in [0.717, 1.165) is 5.56 Å². The van der Waals surface area contributed by atoms with Crippen molar-refractivity contribution >= 4 is 37.9 Å². The van der Waals surface area contributed by atoms with E-state index in [4.69, 9.17) is 20.6 Å². The van der Waals surface area contributed by atoms with Gasteiger partial charge in [0.2, 0.25) is 0 Å². The number of carbonyl (C=O) groups is 1. The predicted molar refractivity (Wildman–Crippen MR) is 111 cm³/mol. The highest BCUT2D eigenvalue weighted by Crippen LogP contribution is 2.19. The lowest BCUT2D eigenvalue weighted by atomic mass is 9.81. The third-order valence-electron chi connectivity index (χ3n) is 4.08. The molecule has 1 atom stereocenters. The van der Waals surface area contributed by atoms with E-state index in [1.165, 1.54) is 0 Å². The van der Waals surface area contributed by atoms with Crippen LogP contribution in [0.5, 0.6) is 0 Å². The molecular weight excluding hydrogens is 394 g/mol. The standard InChI is InChI=1S/C17H29BN2O5.2ClH/c1-2-25-20(14-15-8-4-3-5-9-15)13-11-17(19,16(21)22)10-6-7-12-18(23)24;;/h3-5,8-9,23-24H,2,6-7,10-14,19H2,1H3,(H,21,22);2*1H. The van der Waals surface area contributed by atoms with Gasteiger partial charge in [-0.15, -0.1) is 24.8 Å². The fourth-order valence-electron chi connectivity index (χ4n) is 2.59. The Balaban J connectivity index is 0. The number of carboxylic acids is 1. The lowest BCUT2D eigenvalue weighted by molar-refractivity contribution is -0.167. The molecular formula is C17H31BCl2N2O5. The molecule has 156 valence electrons. The lowest BCUT2D eigenvalue weighted by Gasteiger charge is -2.28. The fraction of sp³-hybridized carbons (Fsp3) is 0.588. The molecule has 27 heavy (non-hydrogen) atoms. The molecule has 0 aliphatic rings. The van der Waals surface area contributed by atoms with Crippen LogP contribution in [0.3, 0.4) is 0 Å². The summed E-state index contributed by atoms with van der Waals surface area (Å²) < 4.78 is 0. The summed E-state index contributed by atoms with van der Waals surface area (Å²) in [5, 5.41) is 28.9. The summed E-state index contributed by atoms with van der Waals surface area (Å²) in [4.78, 5) is 17.2. The van der Waals surface area contributed by atoms with Gasteiger partial charge in [-0.3, -0.25) is 9.63 Å². The molecule has 1 aromatic rings. The highest BCUT2D eigenvalue weighted by Gasteiger charge is 2.33. The summed E-state index contributed by atoms with van der Waals surface area (Å²) in [6, 6.07) is 9.80. The maximum atomic E-state index is 11.6. The quantitative estimate of drug-likeness (QED) is 0.217. The number of halogens is 2. The van der Waals surface area contributed by atoms with Crippen molar-refractivity contribution in [2.75, 3.05) is 13.2 Å². The number of rotatable bonds is 13. The van der Waals surface area contributed by atoms with Gasteiger partial charge in [-0.2, -0.15) is 5.06 Å². The third kappa shape index (κ3) is 11.5. The van der Waals surface area contributed by atoms with E-state index in [-0.39, 0.29) is 44.0 Å². The van der Waals surface area contributed by atoms with Crippen molar-refractivity contribution in [3.05, 3.63) is 35.9 Å². The van der Waals surface area contributed by atoms with Crippen molar-refractivity contribution in [3.8, 4) is 0 Å². The number of hydroxylamine groups is 2. The Morgan fingerprint density at radius 1 is 1.19 bits per heavy atom. The minimum Gasteiger partial charge on any atom is -0.480 e. The van der Waals surface area contributed by atoms with E-state index in [0.29, 0.717) is 32.5 Å². The van der Waals surface area contributed by atoms with Crippen LogP contribution in [0.25, 0.3) is 0 Å². The summed E-state index contributed by atoms with van der Waals surface area (Å²) in [6.07, 6.45) is 1.78. The molecule has 0 aliphatic heterocycles. The van der Waals surface area contributed by atoms with Gasteiger partial charge in [0.25, 0.3) is 0 Å². The second kappa shape index (κ2) is 15.1. The zero-order chi connectivity index (χ0) is 18.7. The summed E-state index contributed by atoms with van der Waals surface area (Å²) in [7, 11) is -1.36. The van der Waals surface area contributed by atoms with E-state index in [9.17, 15) is 9.90 Å². The summed E-state index contributed by atoms with van der Waals surface area (Å²) in [5.41, 5.74) is 5.81. The number of nitrogens with zero attached hydrogens (tertiary/aromatic N) is 1. The Morgan fingerprint density at radius 3 is 2.33 bits per heavy atom. The molecule has 10 heteroatoms. The van der Waals surface area contributed by atoms with Crippen molar-refractivity contribution in [2.45, 2.75) is 51.0 Å². The highest BCUT2D eigenvalue weighted by molar-refractivity contribution is 6.40. The second-order valence-electron chi connectivity index (χ2n) is 6.20. The Kier molecular flexibility index (Phi) is 15.9. The maximum Gasteiger partial charge on any atom is 0.451 e. The van der Waals surface area contributed by atoms with Crippen LogP contribution in [0.4, 0.5) is 0 Å². The molecule has 0 saturated heterocycles. The first-order chi connectivity index (χ1) is 11.9. The zero-order valence-corrected chi connectivity index (χ0v) is 17.3. The smallest absolute Gasteiger partial charge is 0.451 e. The molecule has 1 rings (SSSR count). The third-order valence-corrected chi connectivity index (χ3v) is 4.08. The van der Waals surface area contributed by atoms with Gasteiger partial charge in [0, 0.05) is 13.1 Å². The van der Waals surface area contributed by atoms with Gasteiger partial charge in [0.05, 0.1) is 6.61 Å². The Morgan fingerprint density at radius 2 is 1.81 bits per heavy atom. The van der Waals surface area contributed by atoms with Crippen molar-refractivity contribution < 1.29 is 24.8 Å². The van der Waals surface area contributed by atoms with Gasteiger partial charge in [0.15, 0.2) is 0 Å². The molecule has 0 radical (unpaired) electrons. The van der Waals surface area contributed by atoms with Crippen LogP contribution in [0.15, 0.2) is 30.3 Å². The van der Waals surface area contributed by atoms with E-state index in [2.05, 4.69) is 0 Å². The van der Waals surface area contributed by atoms with Crippen molar-refractivity contribution in [1.29, 1.82) is 0 Å². The zero-order valence-electron chi connectivity index (χ0n) is 15.6. The van der Waals surface area contributed by atoms with Gasteiger partial charge >= 0.3 is 13.1 Å². The Bertz CT molecular complexity index is 513. The molecule has 0 aromatic heterocycles. The molecule has 1 unspecified atom stereocenters. The topological polar surface area (TPSA) is 116 Å². The molecule has 0 bridgehead atoms. The number of hydrogen-bond acceptors (Lipinski definition) is 6. The highest BCUT2D eigenvalue weighted by atomic mass is 35.5. The maximum absolute atomic E-state index is 11.6. The number of hydrogen-bond donors (Lipinski definition) is 4. The molecule has 5 N–H and O–H groups in total. The Labute approximate surface area is 173 Å². The minimum atomic E-state index is -1.36. The first kappa shape index (κ1) is 28.3. The van der Waals surface area contributed by atoms with Gasteiger partial charge < -0.3 is 20.9 Å². The number of nitrogens with two attached hydrogens (primary N) is 1. The van der Waals surface area contributed by atoms with E-state index in [1.54, 1.807) is 5.06 Å². The molecule has 0 saturated carbocycles. The molecule has 0 aliphatic carbocycles. The second-order valence-corrected chi connectivity index (χ2v) is 6.20. The SMILES string of the molecule is CCON(CCC(N)(CCCCB(O)O)C(=O)O)Cc1ccccc1.Cl.Cl. The van der Waals surface area contributed by atoms with Gasteiger partial charge in [0.1, 0.15) is 5.54 Å². The molecule has 1 aromatic carbocycles. The summed E-state index contributed by atoms with van der Waals surface area (Å²) in [6.45, 7) is 3.33. The number of carboxylic acid groups (broad SMARTS) is 1. The van der Waals surface area contributed by atoms with Crippen LogP contribution in [0, 0.1) is 0 Å². The largest absolute Gasteiger partial charge is 0.480 e. The van der Waals surface area contributed by atoms with Gasteiger partial charge in [-0.25, -0.2) is 0 Å². The predicted octanol–water partition coefficient (Wildman–Crippen LogP) is 2.10. The van der Waals surface area contributed by atoms with Crippen LogP contribution >= 0.6 is 24.8 Å². The van der Waals surface area contributed by atoms with Crippen molar-refractivity contribution in [3.63, 3.8) is 0 Å². The molecule has 7 nitrogen and oxygen atoms in total. The van der Waals surface area contributed by atoms with Crippen molar-refractivity contribution in [2.24, 2.45) is 5.73 Å². The van der Waals surface area contributed by atoms with Crippen LogP contribution in [0.2, 0.25) is 6.32 Å². The van der Waals surface area contributed by atoms with Crippen LogP contribution < -0.4 is 5.73 Å². The molecule has 0 fully saturated rings. The minimum absolute atomic E-state index is 0. The van der Waals surface area contributed by atoms with Crippen LogP contribution in [0.1, 0.15) is 38.2 Å². The van der Waals surface area contributed by atoms with Crippen LogP contribution in [-0.4, -0.2) is 52.0 Å². The van der Waals surface area contributed by atoms with Crippen LogP contribution in [-0.2, 0) is 16.2 Å². The fourth-order valence-corrected chi connectivity index (χ4v) is 2.59. The van der Waals surface area contributed by atoms with E-state index < -0.39 is 18.6 Å². The summed E-state index contributed by atoms with van der Waals surface area (Å²) in [5.74, 6) is -1.05. The number of benzene rings is 1. The average molecular weight is 425 g/mol.